The monoisotopic (exact) mass is 295 g/mol. The summed E-state index contributed by atoms with van der Waals surface area (Å²) < 4.78 is 22.8. The summed E-state index contributed by atoms with van der Waals surface area (Å²) in [6, 6.07) is 5.84. The topological polar surface area (TPSA) is 131 Å². The van der Waals surface area contributed by atoms with E-state index in [1.165, 1.54) is 18.2 Å². The van der Waals surface area contributed by atoms with Crippen molar-refractivity contribution in [2.45, 2.75) is 18.2 Å². The van der Waals surface area contributed by atoms with Crippen LogP contribution in [0.25, 0.3) is 0 Å². The molecule has 1 amide bonds. The number of primary sulfonamides is 1. The van der Waals surface area contributed by atoms with E-state index in [0.717, 1.165) is 0 Å². The zero-order chi connectivity index (χ0) is 14.8. The molecular formula is C11H13N5O3S. The first-order valence-electron chi connectivity index (χ1n) is 5.76. The number of H-pyrrole nitrogens is 1. The van der Waals surface area contributed by atoms with Crippen molar-refractivity contribution in [1.29, 1.82) is 0 Å². The van der Waals surface area contributed by atoms with E-state index < -0.39 is 15.9 Å². The van der Waals surface area contributed by atoms with E-state index >= 15 is 0 Å². The predicted molar refractivity (Wildman–Crippen MR) is 71.5 cm³/mol. The fourth-order valence-corrected chi connectivity index (χ4v) is 2.25. The fraction of sp³-hybridized carbons (Fsp3) is 0.182. The van der Waals surface area contributed by atoms with Crippen LogP contribution in [0.4, 0.5) is 5.69 Å². The van der Waals surface area contributed by atoms with Gasteiger partial charge in [-0.1, -0.05) is 19.1 Å². The highest BCUT2D eigenvalue weighted by atomic mass is 32.2. The van der Waals surface area contributed by atoms with Gasteiger partial charge in [0.05, 0.1) is 5.69 Å². The predicted octanol–water partition coefficient (Wildman–Crippen LogP) is 0.267. The highest BCUT2D eigenvalue weighted by Crippen LogP contribution is 2.19. The lowest BCUT2D eigenvalue weighted by atomic mass is 10.3. The normalized spacial score (nSPS) is 11.3. The maximum absolute atomic E-state index is 11.9. The molecule has 1 heterocycles. The maximum atomic E-state index is 11.9. The maximum Gasteiger partial charge on any atom is 0.295 e. The van der Waals surface area contributed by atoms with Crippen molar-refractivity contribution < 1.29 is 13.2 Å². The molecule has 2 aromatic rings. The molecule has 1 aromatic carbocycles. The van der Waals surface area contributed by atoms with Crippen LogP contribution in [0.5, 0.6) is 0 Å². The van der Waals surface area contributed by atoms with Gasteiger partial charge >= 0.3 is 0 Å². The molecular weight excluding hydrogens is 282 g/mol. The van der Waals surface area contributed by atoms with Crippen LogP contribution in [0.15, 0.2) is 29.2 Å². The van der Waals surface area contributed by atoms with Crippen molar-refractivity contribution in [1.82, 2.24) is 15.2 Å². The first kappa shape index (κ1) is 14.2. The molecule has 8 nitrogen and oxygen atoms in total. The third-order valence-electron chi connectivity index (χ3n) is 2.51. The molecule has 0 saturated heterocycles. The number of nitrogens with one attached hydrogen (secondary N) is 2. The Morgan fingerprint density at radius 3 is 2.70 bits per heavy atom. The molecule has 1 aromatic heterocycles. The van der Waals surface area contributed by atoms with Gasteiger partial charge in [0, 0.05) is 6.42 Å². The molecule has 0 radical (unpaired) electrons. The quantitative estimate of drug-likeness (QED) is 0.745. The summed E-state index contributed by atoms with van der Waals surface area (Å²) in [7, 11) is -3.92. The molecule has 0 bridgehead atoms. The standard InChI is InChI=1S/C11H13N5O3S/c1-2-9-14-10(16-15-9)11(17)13-7-5-3-4-6-8(7)20(12,18)19/h3-6H,2H2,1H3,(H,13,17)(H2,12,18,19)(H,14,15,16). The average Bonchev–Trinajstić information content (AvgIpc) is 2.87. The van der Waals surface area contributed by atoms with Gasteiger partial charge in [0.2, 0.25) is 15.8 Å². The highest BCUT2D eigenvalue weighted by molar-refractivity contribution is 7.89. The summed E-state index contributed by atoms with van der Waals surface area (Å²) in [5.41, 5.74) is 0.0860. The van der Waals surface area contributed by atoms with Crippen LogP contribution in [0.1, 0.15) is 23.4 Å². The second kappa shape index (κ2) is 5.39. The number of nitrogens with two attached hydrogens (primary N) is 1. The van der Waals surface area contributed by atoms with E-state index in [1.54, 1.807) is 6.07 Å². The summed E-state index contributed by atoms with van der Waals surface area (Å²) in [5.74, 6) is -0.113. The van der Waals surface area contributed by atoms with Crippen molar-refractivity contribution >= 4 is 21.6 Å². The third kappa shape index (κ3) is 3.00. The molecule has 0 aliphatic rings. The first-order valence-corrected chi connectivity index (χ1v) is 7.31. The molecule has 9 heteroatoms. The second-order valence-corrected chi connectivity index (χ2v) is 5.48. The minimum Gasteiger partial charge on any atom is -0.318 e. The van der Waals surface area contributed by atoms with E-state index in [-0.39, 0.29) is 16.4 Å². The van der Waals surface area contributed by atoms with Gasteiger partial charge in [-0.2, -0.15) is 0 Å². The second-order valence-electron chi connectivity index (χ2n) is 3.95. The number of rotatable bonds is 4. The van der Waals surface area contributed by atoms with Crippen LogP contribution in [-0.4, -0.2) is 29.5 Å². The van der Waals surface area contributed by atoms with Crippen LogP contribution >= 0.6 is 0 Å². The molecule has 0 unspecified atom stereocenters. The molecule has 0 saturated carbocycles. The average molecular weight is 295 g/mol. The summed E-state index contributed by atoms with van der Waals surface area (Å²) in [5, 5.41) is 13.9. The Balaban J connectivity index is 2.29. The van der Waals surface area contributed by atoms with Crippen LogP contribution in [0.2, 0.25) is 0 Å². The van der Waals surface area contributed by atoms with Gasteiger partial charge in [-0.15, -0.1) is 5.10 Å². The fourth-order valence-electron chi connectivity index (χ4n) is 1.55. The zero-order valence-corrected chi connectivity index (χ0v) is 11.4. The third-order valence-corrected chi connectivity index (χ3v) is 3.48. The van der Waals surface area contributed by atoms with Crippen LogP contribution < -0.4 is 10.5 Å². The number of benzene rings is 1. The van der Waals surface area contributed by atoms with Gasteiger partial charge in [-0.05, 0) is 12.1 Å². The van der Waals surface area contributed by atoms with Crippen molar-refractivity contribution in [3.8, 4) is 0 Å². The van der Waals surface area contributed by atoms with Crippen molar-refractivity contribution in [3.63, 3.8) is 0 Å². The number of aryl methyl sites for hydroxylation is 1. The van der Waals surface area contributed by atoms with Gasteiger partial charge < -0.3 is 5.32 Å². The summed E-state index contributed by atoms with van der Waals surface area (Å²) in [6.07, 6.45) is 0.605. The number of aromatic nitrogens is 3. The molecule has 0 atom stereocenters. The smallest absolute Gasteiger partial charge is 0.295 e. The number of hydrogen-bond acceptors (Lipinski definition) is 5. The minimum absolute atomic E-state index is 0.0638. The summed E-state index contributed by atoms with van der Waals surface area (Å²) >= 11 is 0. The van der Waals surface area contributed by atoms with Gasteiger partial charge in [0.15, 0.2) is 0 Å². The number of aromatic amines is 1. The molecule has 0 spiro atoms. The van der Waals surface area contributed by atoms with Crippen LogP contribution in [-0.2, 0) is 16.4 Å². The van der Waals surface area contributed by atoms with E-state index in [9.17, 15) is 13.2 Å². The van der Waals surface area contributed by atoms with Crippen molar-refractivity contribution in [2.24, 2.45) is 5.14 Å². The molecule has 0 fully saturated rings. The SMILES string of the molecule is CCc1nc(C(=O)Nc2ccccc2S(N)(=O)=O)n[nH]1. The van der Waals surface area contributed by atoms with Gasteiger partial charge in [0.1, 0.15) is 10.7 Å². The van der Waals surface area contributed by atoms with E-state index in [0.29, 0.717) is 12.2 Å². The summed E-state index contributed by atoms with van der Waals surface area (Å²) in [4.78, 5) is 15.7. The largest absolute Gasteiger partial charge is 0.318 e. The minimum atomic E-state index is -3.92. The Kier molecular flexibility index (Phi) is 3.81. The number of nitrogens with zero attached hydrogens (tertiary/aromatic N) is 2. The Morgan fingerprint density at radius 2 is 2.10 bits per heavy atom. The molecule has 106 valence electrons. The molecule has 20 heavy (non-hydrogen) atoms. The Labute approximate surface area is 115 Å². The number of anilines is 1. The van der Waals surface area contributed by atoms with Gasteiger partial charge in [0.25, 0.3) is 5.91 Å². The Morgan fingerprint density at radius 1 is 1.40 bits per heavy atom. The number of sulfonamides is 1. The molecule has 0 aliphatic heterocycles. The lowest BCUT2D eigenvalue weighted by Gasteiger charge is -2.07. The number of para-hydroxylation sites is 1. The Hall–Kier alpha value is -2.26. The van der Waals surface area contributed by atoms with Crippen molar-refractivity contribution in [3.05, 3.63) is 35.9 Å². The van der Waals surface area contributed by atoms with Gasteiger partial charge in [-0.25, -0.2) is 18.5 Å². The first-order chi connectivity index (χ1) is 9.41. The number of carbonyl (C=O) groups is 1. The zero-order valence-electron chi connectivity index (χ0n) is 10.6. The van der Waals surface area contributed by atoms with E-state index in [1.807, 2.05) is 6.92 Å². The lowest BCUT2D eigenvalue weighted by molar-refractivity contribution is 0.101. The van der Waals surface area contributed by atoms with Crippen LogP contribution in [0.3, 0.4) is 0 Å². The lowest BCUT2D eigenvalue weighted by Crippen LogP contribution is -2.19. The van der Waals surface area contributed by atoms with Crippen molar-refractivity contribution in [2.75, 3.05) is 5.32 Å². The number of carbonyl (C=O) groups excluding carboxylic acids is 1. The molecule has 2 rings (SSSR count). The van der Waals surface area contributed by atoms with E-state index in [2.05, 4.69) is 20.5 Å². The van der Waals surface area contributed by atoms with Gasteiger partial charge in [-0.3, -0.25) is 9.89 Å². The van der Waals surface area contributed by atoms with Crippen LogP contribution in [0, 0.1) is 0 Å². The number of amides is 1. The molecule has 4 N–H and O–H groups in total. The Bertz CT molecular complexity index is 738. The molecule has 0 aliphatic carbocycles. The highest BCUT2D eigenvalue weighted by Gasteiger charge is 2.18. The van der Waals surface area contributed by atoms with E-state index in [4.69, 9.17) is 5.14 Å². The summed E-state index contributed by atoms with van der Waals surface area (Å²) in [6.45, 7) is 1.86. The number of hydrogen-bond donors (Lipinski definition) is 3.